The summed E-state index contributed by atoms with van der Waals surface area (Å²) in [5.41, 5.74) is 7.29. The Labute approximate surface area is 219 Å². The standard InChI is InChI=1S/C32H35N3O2/c1-4-29(24-9-6-5-7-10-24)32(27-14-17-30-26(23-27)18-20-34-30)25-12-15-28(16-13-25)37-22-21-33-19-8-11-31(36)35(2)3/h5-18,20,23,33-34H,4,19,21-22H2,1-3H3/b11-8+,32-29+. The lowest BCUT2D eigenvalue weighted by atomic mass is 9.88. The predicted octanol–water partition coefficient (Wildman–Crippen LogP) is 6.15. The Bertz CT molecular complexity index is 1370. The van der Waals surface area contributed by atoms with Crippen molar-refractivity contribution in [3.05, 3.63) is 114 Å². The van der Waals surface area contributed by atoms with Gasteiger partial charge in [0.1, 0.15) is 12.4 Å². The first kappa shape index (κ1) is 26.0. The van der Waals surface area contributed by atoms with Gasteiger partial charge in [-0.1, -0.05) is 61.5 Å². The third kappa shape index (κ3) is 6.78. The lowest BCUT2D eigenvalue weighted by molar-refractivity contribution is -0.123. The molecular formula is C32H35N3O2. The molecule has 0 radical (unpaired) electrons. The topological polar surface area (TPSA) is 57.4 Å². The number of allylic oxidation sites excluding steroid dienone is 1. The summed E-state index contributed by atoms with van der Waals surface area (Å²) in [7, 11) is 3.48. The second-order valence-electron chi connectivity index (χ2n) is 9.06. The number of carbonyl (C=O) groups is 1. The Morgan fingerprint density at radius 3 is 2.43 bits per heavy atom. The highest BCUT2D eigenvalue weighted by molar-refractivity contribution is 6.00. The highest BCUT2D eigenvalue weighted by Crippen LogP contribution is 2.36. The molecule has 0 bridgehead atoms. The molecule has 37 heavy (non-hydrogen) atoms. The summed E-state index contributed by atoms with van der Waals surface area (Å²) in [6, 6.07) is 27.7. The van der Waals surface area contributed by atoms with Crippen LogP contribution in [0.5, 0.6) is 5.75 Å². The predicted molar refractivity (Wildman–Crippen MR) is 154 cm³/mol. The lowest BCUT2D eigenvalue weighted by Crippen LogP contribution is -2.22. The number of carbonyl (C=O) groups excluding carboxylic acids is 1. The Balaban J connectivity index is 1.50. The number of ether oxygens (including phenoxy) is 1. The van der Waals surface area contributed by atoms with Gasteiger partial charge in [-0.3, -0.25) is 4.79 Å². The van der Waals surface area contributed by atoms with Crippen molar-refractivity contribution in [1.82, 2.24) is 15.2 Å². The van der Waals surface area contributed by atoms with Crippen LogP contribution in [0.4, 0.5) is 0 Å². The molecule has 0 fully saturated rings. The number of hydrogen-bond acceptors (Lipinski definition) is 3. The summed E-state index contributed by atoms with van der Waals surface area (Å²) in [5, 5.41) is 4.46. The number of fused-ring (bicyclic) bond motifs is 1. The molecule has 5 heteroatoms. The Morgan fingerprint density at radius 2 is 1.70 bits per heavy atom. The van der Waals surface area contributed by atoms with Gasteiger partial charge in [-0.2, -0.15) is 0 Å². The fourth-order valence-electron chi connectivity index (χ4n) is 4.34. The van der Waals surface area contributed by atoms with E-state index in [1.807, 2.05) is 24.4 Å². The minimum Gasteiger partial charge on any atom is -0.492 e. The Hall–Kier alpha value is -4.09. The van der Waals surface area contributed by atoms with Crippen LogP contribution in [0.2, 0.25) is 0 Å². The molecule has 3 aromatic carbocycles. The third-order valence-electron chi connectivity index (χ3n) is 6.27. The van der Waals surface area contributed by atoms with Gasteiger partial charge in [0.15, 0.2) is 0 Å². The third-order valence-corrected chi connectivity index (χ3v) is 6.27. The van der Waals surface area contributed by atoms with Crippen LogP contribution in [0.3, 0.4) is 0 Å². The van der Waals surface area contributed by atoms with E-state index in [2.05, 4.69) is 84.0 Å². The molecule has 1 aromatic heterocycles. The van der Waals surface area contributed by atoms with E-state index in [9.17, 15) is 4.79 Å². The molecule has 1 heterocycles. The molecule has 0 atom stereocenters. The number of nitrogens with zero attached hydrogens (tertiary/aromatic N) is 1. The quantitative estimate of drug-likeness (QED) is 0.150. The second-order valence-corrected chi connectivity index (χ2v) is 9.06. The van der Waals surface area contributed by atoms with E-state index in [1.54, 1.807) is 25.1 Å². The van der Waals surface area contributed by atoms with Crippen molar-refractivity contribution < 1.29 is 9.53 Å². The van der Waals surface area contributed by atoms with Gasteiger partial charge in [0.25, 0.3) is 0 Å². The first-order valence-electron chi connectivity index (χ1n) is 12.7. The van der Waals surface area contributed by atoms with Crippen LogP contribution in [0.1, 0.15) is 30.0 Å². The number of aromatic amines is 1. The lowest BCUT2D eigenvalue weighted by Gasteiger charge is -2.17. The summed E-state index contributed by atoms with van der Waals surface area (Å²) >= 11 is 0. The first-order valence-corrected chi connectivity index (χ1v) is 12.7. The number of H-pyrrole nitrogens is 1. The molecule has 0 aliphatic heterocycles. The molecule has 2 N–H and O–H groups in total. The fraction of sp³-hybridized carbons (Fsp3) is 0.219. The van der Waals surface area contributed by atoms with Gasteiger partial charge in [-0.25, -0.2) is 0 Å². The number of aromatic nitrogens is 1. The van der Waals surface area contributed by atoms with Gasteiger partial charge < -0.3 is 19.9 Å². The van der Waals surface area contributed by atoms with Crippen molar-refractivity contribution >= 4 is 28.0 Å². The van der Waals surface area contributed by atoms with Crippen molar-refractivity contribution in [3.63, 3.8) is 0 Å². The number of nitrogens with one attached hydrogen (secondary N) is 2. The number of amides is 1. The number of likely N-dealkylation sites (N-methyl/N-ethyl adjacent to an activating group) is 1. The van der Waals surface area contributed by atoms with E-state index in [0.717, 1.165) is 23.3 Å². The molecule has 5 nitrogen and oxygen atoms in total. The summed E-state index contributed by atoms with van der Waals surface area (Å²) in [4.78, 5) is 16.4. The molecular weight excluding hydrogens is 458 g/mol. The molecule has 1 amide bonds. The van der Waals surface area contributed by atoms with Crippen LogP contribution in [0.15, 0.2) is 97.2 Å². The maximum absolute atomic E-state index is 11.6. The summed E-state index contributed by atoms with van der Waals surface area (Å²) in [5.74, 6) is 0.820. The zero-order valence-corrected chi connectivity index (χ0v) is 21.8. The smallest absolute Gasteiger partial charge is 0.245 e. The van der Waals surface area contributed by atoms with Crippen LogP contribution in [0, 0.1) is 0 Å². The van der Waals surface area contributed by atoms with E-state index >= 15 is 0 Å². The molecule has 0 unspecified atom stereocenters. The van der Waals surface area contributed by atoms with E-state index < -0.39 is 0 Å². The highest BCUT2D eigenvalue weighted by Gasteiger charge is 2.14. The van der Waals surface area contributed by atoms with E-state index in [0.29, 0.717) is 19.7 Å². The highest BCUT2D eigenvalue weighted by atomic mass is 16.5. The zero-order valence-electron chi connectivity index (χ0n) is 21.8. The molecule has 0 aliphatic rings. The molecule has 4 aromatic rings. The van der Waals surface area contributed by atoms with Gasteiger partial charge in [0, 0.05) is 45.0 Å². The normalized spacial score (nSPS) is 12.1. The SMILES string of the molecule is CC/C(=C(/c1ccc(OCCNC/C=C/C(=O)N(C)C)cc1)c1ccc2[nH]ccc2c1)c1ccccc1. The molecule has 0 aliphatic carbocycles. The fourth-order valence-corrected chi connectivity index (χ4v) is 4.34. The monoisotopic (exact) mass is 493 g/mol. The average molecular weight is 494 g/mol. The summed E-state index contributed by atoms with van der Waals surface area (Å²) in [6.45, 7) is 4.08. The van der Waals surface area contributed by atoms with E-state index in [-0.39, 0.29) is 5.91 Å². The van der Waals surface area contributed by atoms with Crippen LogP contribution >= 0.6 is 0 Å². The summed E-state index contributed by atoms with van der Waals surface area (Å²) in [6.07, 6.45) is 6.30. The Kier molecular flexibility index (Phi) is 8.95. The van der Waals surface area contributed by atoms with E-state index in [4.69, 9.17) is 4.74 Å². The van der Waals surface area contributed by atoms with Crippen molar-refractivity contribution in [2.45, 2.75) is 13.3 Å². The van der Waals surface area contributed by atoms with Gasteiger partial charge in [-0.05, 0) is 70.0 Å². The van der Waals surface area contributed by atoms with Gasteiger partial charge in [0.2, 0.25) is 5.91 Å². The van der Waals surface area contributed by atoms with E-state index in [1.165, 1.54) is 27.7 Å². The molecule has 190 valence electrons. The first-order chi connectivity index (χ1) is 18.1. The molecule has 0 saturated heterocycles. The van der Waals surface area contributed by atoms with Gasteiger partial charge in [-0.15, -0.1) is 0 Å². The van der Waals surface area contributed by atoms with Crippen LogP contribution in [-0.4, -0.2) is 49.6 Å². The number of benzene rings is 3. The molecule has 0 saturated carbocycles. The van der Waals surface area contributed by atoms with Crippen LogP contribution < -0.4 is 10.1 Å². The molecule has 0 spiro atoms. The maximum atomic E-state index is 11.6. The van der Waals surface area contributed by atoms with Crippen molar-refractivity contribution in [2.24, 2.45) is 0 Å². The summed E-state index contributed by atoms with van der Waals surface area (Å²) < 4.78 is 5.95. The minimum absolute atomic E-state index is 0.0157. The van der Waals surface area contributed by atoms with Crippen molar-refractivity contribution in [3.8, 4) is 5.75 Å². The zero-order chi connectivity index (χ0) is 26.0. The Morgan fingerprint density at radius 1 is 0.946 bits per heavy atom. The van der Waals surface area contributed by atoms with Gasteiger partial charge in [0.05, 0.1) is 0 Å². The number of rotatable bonds is 11. The number of hydrogen-bond donors (Lipinski definition) is 2. The average Bonchev–Trinajstić information content (AvgIpc) is 3.40. The van der Waals surface area contributed by atoms with Crippen LogP contribution in [0.25, 0.3) is 22.0 Å². The van der Waals surface area contributed by atoms with Crippen molar-refractivity contribution in [1.29, 1.82) is 0 Å². The van der Waals surface area contributed by atoms with Crippen LogP contribution in [-0.2, 0) is 4.79 Å². The van der Waals surface area contributed by atoms with Crippen molar-refractivity contribution in [2.75, 3.05) is 33.8 Å². The van der Waals surface area contributed by atoms with Gasteiger partial charge >= 0.3 is 0 Å². The largest absolute Gasteiger partial charge is 0.492 e. The minimum atomic E-state index is -0.0157. The second kappa shape index (κ2) is 12.7. The maximum Gasteiger partial charge on any atom is 0.245 e. The molecule has 4 rings (SSSR count).